The molecule has 5 nitrogen and oxygen atoms in total. The molecule has 0 saturated carbocycles. The lowest BCUT2D eigenvalue weighted by atomic mass is 10.2. The number of halogens is 2. The third kappa shape index (κ3) is 2.30. The summed E-state index contributed by atoms with van der Waals surface area (Å²) < 4.78 is 20.0. The Morgan fingerprint density at radius 1 is 1.25 bits per heavy atom. The molecule has 0 atom stereocenters. The first kappa shape index (κ1) is 12.8. The molecule has 7 heteroatoms. The van der Waals surface area contributed by atoms with Gasteiger partial charge in [0.25, 0.3) is 0 Å². The number of benzene rings is 1. The second kappa shape index (κ2) is 5.05. The zero-order valence-electron chi connectivity index (χ0n) is 10.5. The first-order valence-electron chi connectivity index (χ1n) is 5.84. The maximum absolute atomic E-state index is 13.2. The van der Waals surface area contributed by atoms with Crippen LogP contribution in [0.25, 0.3) is 11.2 Å². The Bertz CT molecular complexity index is 757. The van der Waals surface area contributed by atoms with Crippen molar-refractivity contribution in [2.24, 2.45) is 0 Å². The minimum atomic E-state index is -0.862. The van der Waals surface area contributed by atoms with E-state index in [1.165, 1.54) is 0 Å². The van der Waals surface area contributed by atoms with Crippen molar-refractivity contribution in [3.8, 4) is 5.75 Å². The Hall–Kier alpha value is -2.21. The molecule has 102 valence electrons. The normalized spacial score (nSPS) is 10.9. The number of rotatable bonds is 3. The zero-order chi connectivity index (χ0) is 14.1. The Kier molecular flexibility index (Phi) is 3.23. The Labute approximate surface area is 119 Å². The molecule has 2 heterocycles. The molecule has 3 aromatic rings. The van der Waals surface area contributed by atoms with Crippen LogP contribution in [0.3, 0.4) is 0 Å². The summed E-state index contributed by atoms with van der Waals surface area (Å²) in [6, 6.07) is 7.56. The van der Waals surface area contributed by atoms with Gasteiger partial charge in [-0.25, -0.2) is 4.98 Å². The number of imidazole rings is 1. The Balaban J connectivity index is 1.97. The largest absolute Gasteiger partial charge is 0.497 e. The van der Waals surface area contributed by atoms with Gasteiger partial charge in [0.1, 0.15) is 11.3 Å². The number of hydrogen-bond acceptors (Lipinski definition) is 4. The van der Waals surface area contributed by atoms with Gasteiger partial charge in [0.15, 0.2) is 10.8 Å². The molecular formula is C13H10ClFN4O. The molecule has 0 fully saturated rings. The summed E-state index contributed by atoms with van der Waals surface area (Å²) in [6.07, 6.45) is 0.702. The maximum Gasteiger partial charge on any atom is 0.312 e. The van der Waals surface area contributed by atoms with E-state index in [1.54, 1.807) is 18.0 Å². The molecule has 2 aromatic heterocycles. The van der Waals surface area contributed by atoms with Crippen molar-refractivity contribution in [2.75, 3.05) is 7.11 Å². The Morgan fingerprint density at radius 3 is 2.70 bits per heavy atom. The summed E-state index contributed by atoms with van der Waals surface area (Å²) >= 11 is 5.83. The van der Waals surface area contributed by atoms with Crippen LogP contribution in [0, 0.1) is 6.08 Å². The molecule has 0 saturated heterocycles. The fraction of sp³-hybridized carbons (Fsp3) is 0.154. The van der Waals surface area contributed by atoms with E-state index in [4.69, 9.17) is 16.3 Å². The predicted molar refractivity (Wildman–Crippen MR) is 72.4 cm³/mol. The highest BCUT2D eigenvalue weighted by Crippen LogP contribution is 2.20. The lowest BCUT2D eigenvalue weighted by Crippen LogP contribution is -2.01. The molecule has 0 aliphatic rings. The van der Waals surface area contributed by atoms with Gasteiger partial charge < -0.3 is 9.30 Å². The van der Waals surface area contributed by atoms with Gasteiger partial charge in [0.05, 0.1) is 20.0 Å². The van der Waals surface area contributed by atoms with Crippen LogP contribution in [0.15, 0.2) is 30.6 Å². The molecule has 0 aliphatic heterocycles. The monoisotopic (exact) mass is 292 g/mol. The molecule has 0 aliphatic carbocycles. The number of fused-ring (bicyclic) bond motifs is 1. The number of ether oxygens (including phenoxy) is 1. The van der Waals surface area contributed by atoms with Crippen molar-refractivity contribution in [1.29, 1.82) is 0 Å². The van der Waals surface area contributed by atoms with Gasteiger partial charge in [-0.05, 0) is 17.7 Å². The molecular weight excluding hydrogens is 283 g/mol. The third-order valence-corrected chi connectivity index (χ3v) is 3.17. The van der Waals surface area contributed by atoms with Crippen LogP contribution in [-0.2, 0) is 6.54 Å². The van der Waals surface area contributed by atoms with Crippen molar-refractivity contribution in [3.05, 3.63) is 47.4 Å². The number of nitrogens with zero attached hydrogens (tertiary/aromatic N) is 4. The van der Waals surface area contributed by atoms with Crippen LogP contribution in [0.1, 0.15) is 5.56 Å². The molecule has 0 bridgehead atoms. The van der Waals surface area contributed by atoms with Crippen molar-refractivity contribution in [2.45, 2.75) is 6.54 Å². The van der Waals surface area contributed by atoms with E-state index in [9.17, 15) is 4.39 Å². The third-order valence-electron chi connectivity index (χ3n) is 2.91. The molecule has 20 heavy (non-hydrogen) atoms. The average molecular weight is 293 g/mol. The lowest BCUT2D eigenvalue weighted by Gasteiger charge is -2.05. The summed E-state index contributed by atoms with van der Waals surface area (Å²) in [6.45, 7) is 0.507. The molecule has 0 N–H and O–H groups in total. The predicted octanol–water partition coefficient (Wildman–Crippen LogP) is 2.68. The first-order chi connectivity index (χ1) is 9.67. The fourth-order valence-corrected chi connectivity index (χ4v) is 2.13. The van der Waals surface area contributed by atoms with Crippen LogP contribution in [0.2, 0.25) is 5.15 Å². The highest BCUT2D eigenvalue weighted by atomic mass is 35.5. The molecule has 1 aromatic carbocycles. The number of aromatic nitrogens is 4. The fourth-order valence-electron chi connectivity index (χ4n) is 1.93. The summed E-state index contributed by atoms with van der Waals surface area (Å²) in [7, 11) is 1.61. The molecule has 3 rings (SSSR count). The van der Waals surface area contributed by atoms with Gasteiger partial charge in [0.2, 0.25) is 0 Å². The summed E-state index contributed by atoms with van der Waals surface area (Å²) in [5.74, 6) is 0.778. The molecule has 0 spiro atoms. The van der Waals surface area contributed by atoms with E-state index in [-0.39, 0.29) is 5.15 Å². The van der Waals surface area contributed by atoms with Crippen LogP contribution >= 0.6 is 11.6 Å². The first-order valence-corrected chi connectivity index (χ1v) is 6.22. The van der Waals surface area contributed by atoms with Crippen molar-refractivity contribution >= 4 is 22.8 Å². The lowest BCUT2D eigenvalue weighted by molar-refractivity contribution is 0.414. The van der Waals surface area contributed by atoms with Crippen LogP contribution in [0.5, 0.6) is 5.75 Å². The highest BCUT2D eigenvalue weighted by Gasteiger charge is 2.11. The van der Waals surface area contributed by atoms with E-state index < -0.39 is 6.08 Å². The van der Waals surface area contributed by atoms with Gasteiger partial charge in [-0.1, -0.05) is 23.7 Å². The Morgan fingerprint density at radius 2 is 2.00 bits per heavy atom. The topological polar surface area (TPSA) is 52.8 Å². The van der Waals surface area contributed by atoms with Gasteiger partial charge in [-0.2, -0.15) is 14.4 Å². The van der Waals surface area contributed by atoms with Crippen LogP contribution in [0.4, 0.5) is 4.39 Å². The SMILES string of the molecule is COc1ccc(Cn2cnc3c(Cl)nc(F)nc32)cc1. The van der Waals surface area contributed by atoms with Crippen molar-refractivity contribution < 1.29 is 9.13 Å². The molecule has 0 radical (unpaired) electrons. The minimum absolute atomic E-state index is 0.0148. The molecule has 0 amide bonds. The van der Waals surface area contributed by atoms with Gasteiger partial charge in [-0.15, -0.1) is 0 Å². The zero-order valence-corrected chi connectivity index (χ0v) is 11.3. The van der Waals surface area contributed by atoms with Crippen LogP contribution < -0.4 is 4.74 Å². The average Bonchev–Trinajstić information content (AvgIpc) is 2.83. The minimum Gasteiger partial charge on any atom is -0.497 e. The smallest absolute Gasteiger partial charge is 0.312 e. The number of methoxy groups -OCH3 is 1. The van der Waals surface area contributed by atoms with Crippen LogP contribution in [-0.4, -0.2) is 26.6 Å². The van der Waals surface area contributed by atoms with E-state index in [1.807, 2.05) is 24.3 Å². The number of hydrogen-bond donors (Lipinski definition) is 0. The maximum atomic E-state index is 13.2. The molecule has 0 unspecified atom stereocenters. The summed E-state index contributed by atoms with van der Waals surface area (Å²) in [5.41, 5.74) is 1.78. The summed E-state index contributed by atoms with van der Waals surface area (Å²) in [5, 5.41) is 0.0148. The van der Waals surface area contributed by atoms with Crippen molar-refractivity contribution in [1.82, 2.24) is 19.5 Å². The van der Waals surface area contributed by atoms with Gasteiger partial charge in [-0.3, -0.25) is 0 Å². The van der Waals surface area contributed by atoms with Gasteiger partial charge >= 0.3 is 6.08 Å². The van der Waals surface area contributed by atoms with E-state index in [0.717, 1.165) is 11.3 Å². The highest BCUT2D eigenvalue weighted by molar-refractivity contribution is 6.33. The van der Waals surface area contributed by atoms with E-state index in [0.29, 0.717) is 17.7 Å². The second-order valence-electron chi connectivity index (χ2n) is 4.18. The van der Waals surface area contributed by atoms with E-state index >= 15 is 0 Å². The van der Waals surface area contributed by atoms with Crippen molar-refractivity contribution in [3.63, 3.8) is 0 Å². The quantitative estimate of drug-likeness (QED) is 0.550. The second-order valence-corrected chi connectivity index (χ2v) is 4.53. The van der Waals surface area contributed by atoms with E-state index in [2.05, 4.69) is 15.0 Å². The summed E-state index contributed by atoms with van der Waals surface area (Å²) in [4.78, 5) is 11.3. The van der Waals surface area contributed by atoms with Gasteiger partial charge in [0, 0.05) is 0 Å². The standard InChI is InChI=1S/C13H10ClFN4O/c1-20-9-4-2-8(3-5-9)6-19-7-16-10-11(14)17-13(15)18-12(10)19/h2-5,7H,6H2,1H3.